The SMILES string of the molecule is CCC(CC)C(=O)C(=O)CN1CCOCC1. The predicted molar refractivity (Wildman–Crippen MR) is 61.3 cm³/mol. The van der Waals surface area contributed by atoms with E-state index in [1.54, 1.807) is 0 Å². The van der Waals surface area contributed by atoms with E-state index < -0.39 is 0 Å². The fraction of sp³-hybridized carbons (Fsp3) is 0.833. The molecule has 0 aromatic heterocycles. The minimum Gasteiger partial charge on any atom is -0.379 e. The summed E-state index contributed by atoms with van der Waals surface area (Å²) in [4.78, 5) is 25.5. The van der Waals surface area contributed by atoms with Crippen molar-refractivity contribution >= 4 is 11.6 Å². The Bertz CT molecular complexity index is 243. The quantitative estimate of drug-likeness (QED) is 0.632. The van der Waals surface area contributed by atoms with Gasteiger partial charge in [0.25, 0.3) is 0 Å². The molecule has 0 amide bonds. The van der Waals surface area contributed by atoms with Crippen LogP contribution in [0.1, 0.15) is 26.7 Å². The van der Waals surface area contributed by atoms with Crippen LogP contribution in [0.5, 0.6) is 0 Å². The second-order valence-corrected chi connectivity index (χ2v) is 4.19. The molecule has 0 aromatic rings. The Kier molecular flexibility index (Phi) is 5.63. The largest absolute Gasteiger partial charge is 0.379 e. The summed E-state index contributed by atoms with van der Waals surface area (Å²) in [6.07, 6.45) is 1.51. The number of morpholine rings is 1. The van der Waals surface area contributed by atoms with Crippen molar-refractivity contribution in [2.45, 2.75) is 26.7 Å². The molecule has 4 heteroatoms. The van der Waals surface area contributed by atoms with Crippen LogP contribution < -0.4 is 0 Å². The molecule has 16 heavy (non-hydrogen) atoms. The van der Waals surface area contributed by atoms with Crippen LogP contribution in [0.4, 0.5) is 0 Å². The summed E-state index contributed by atoms with van der Waals surface area (Å²) in [5.41, 5.74) is 0. The van der Waals surface area contributed by atoms with Gasteiger partial charge < -0.3 is 4.74 Å². The standard InChI is InChI=1S/C12H21NO3/c1-3-10(4-2)12(15)11(14)9-13-5-7-16-8-6-13/h10H,3-9H2,1-2H3. The number of Topliss-reactive ketones (excluding diaryl/α,β-unsaturated/α-hetero) is 2. The van der Waals surface area contributed by atoms with Gasteiger partial charge in [-0.15, -0.1) is 0 Å². The molecular weight excluding hydrogens is 206 g/mol. The molecule has 0 bridgehead atoms. The lowest BCUT2D eigenvalue weighted by Crippen LogP contribution is -2.42. The minimum absolute atomic E-state index is 0.0893. The average molecular weight is 227 g/mol. The first-order valence-electron chi connectivity index (χ1n) is 6.06. The molecule has 92 valence electrons. The fourth-order valence-corrected chi connectivity index (χ4v) is 1.93. The highest BCUT2D eigenvalue weighted by Crippen LogP contribution is 2.10. The van der Waals surface area contributed by atoms with Crippen LogP contribution >= 0.6 is 0 Å². The summed E-state index contributed by atoms with van der Waals surface area (Å²) in [5.74, 6) is -0.527. The molecule has 1 aliphatic heterocycles. The van der Waals surface area contributed by atoms with Crippen LogP contribution in [0.3, 0.4) is 0 Å². The van der Waals surface area contributed by atoms with Crippen LogP contribution in [0.2, 0.25) is 0 Å². The van der Waals surface area contributed by atoms with Crippen molar-refractivity contribution in [2.24, 2.45) is 5.92 Å². The van der Waals surface area contributed by atoms with Gasteiger partial charge >= 0.3 is 0 Å². The van der Waals surface area contributed by atoms with E-state index in [0.717, 1.165) is 25.9 Å². The number of hydrogen-bond acceptors (Lipinski definition) is 4. The van der Waals surface area contributed by atoms with Gasteiger partial charge in [-0.2, -0.15) is 0 Å². The average Bonchev–Trinajstić information content (AvgIpc) is 2.31. The Morgan fingerprint density at radius 3 is 2.25 bits per heavy atom. The Labute approximate surface area is 96.9 Å². The number of nitrogens with zero attached hydrogens (tertiary/aromatic N) is 1. The first kappa shape index (κ1) is 13.3. The van der Waals surface area contributed by atoms with Crippen LogP contribution in [0.25, 0.3) is 0 Å². The molecule has 0 unspecified atom stereocenters. The Morgan fingerprint density at radius 2 is 1.75 bits per heavy atom. The van der Waals surface area contributed by atoms with E-state index in [0.29, 0.717) is 13.2 Å². The molecule has 0 radical (unpaired) electrons. The van der Waals surface area contributed by atoms with E-state index in [1.807, 2.05) is 18.7 Å². The molecule has 1 fully saturated rings. The third-order valence-corrected chi connectivity index (χ3v) is 3.10. The normalized spacial score (nSPS) is 17.7. The molecule has 4 nitrogen and oxygen atoms in total. The molecule has 1 rings (SSSR count). The van der Waals surface area contributed by atoms with Gasteiger partial charge in [0.1, 0.15) is 0 Å². The van der Waals surface area contributed by atoms with Crippen molar-refractivity contribution < 1.29 is 14.3 Å². The maximum absolute atomic E-state index is 11.8. The Morgan fingerprint density at radius 1 is 1.19 bits per heavy atom. The van der Waals surface area contributed by atoms with Crippen LogP contribution in [-0.4, -0.2) is 49.3 Å². The fourth-order valence-electron chi connectivity index (χ4n) is 1.93. The summed E-state index contributed by atoms with van der Waals surface area (Å²) < 4.78 is 5.19. The molecule has 0 N–H and O–H groups in total. The summed E-state index contributed by atoms with van der Waals surface area (Å²) >= 11 is 0. The van der Waals surface area contributed by atoms with Gasteiger partial charge in [-0.1, -0.05) is 13.8 Å². The number of hydrogen-bond donors (Lipinski definition) is 0. The molecule has 1 heterocycles. The maximum atomic E-state index is 11.8. The Hall–Kier alpha value is -0.740. The van der Waals surface area contributed by atoms with Crippen LogP contribution in [-0.2, 0) is 14.3 Å². The summed E-state index contributed by atoms with van der Waals surface area (Å²) in [6, 6.07) is 0. The van der Waals surface area contributed by atoms with Gasteiger partial charge in [0.15, 0.2) is 0 Å². The molecule has 0 saturated carbocycles. The van der Waals surface area contributed by atoms with E-state index in [2.05, 4.69) is 0 Å². The first-order valence-corrected chi connectivity index (χ1v) is 6.06. The van der Waals surface area contributed by atoms with Crippen molar-refractivity contribution in [1.29, 1.82) is 0 Å². The van der Waals surface area contributed by atoms with Gasteiger partial charge in [-0.05, 0) is 12.8 Å². The van der Waals surface area contributed by atoms with E-state index in [1.165, 1.54) is 0 Å². The number of rotatable bonds is 6. The Balaban J connectivity index is 2.41. The van der Waals surface area contributed by atoms with E-state index >= 15 is 0 Å². The zero-order valence-corrected chi connectivity index (χ0v) is 10.2. The van der Waals surface area contributed by atoms with E-state index in [9.17, 15) is 9.59 Å². The summed E-state index contributed by atoms with van der Waals surface area (Å²) in [5, 5.41) is 0. The number of carbonyl (C=O) groups excluding carboxylic acids is 2. The first-order chi connectivity index (χ1) is 7.69. The van der Waals surface area contributed by atoms with Gasteiger partial charge in [0, 0.05) is 19.0 Å². The van der Waals surface area contributed by atoms with Crippen LogP contribution in [0.15, 0.2) is 0 Å². The lowest BCUT2D eigenvalue weighted by molar-refractivity contribution is -0.140. The lowest BCUT2D eigenvalue weighted by atomic mass is 9.95. The number of ketones is 2. The van der Waals surface area contributed by atoms with Gasteiger partial charge in [0.05, 0.1) is 19.8 Å². The van der Waals surface area contributed by atoms with Crippen molar-refractivity contribution in [3.05, 3.63) is 0 Å². The maximum Gasteiger partial charge on any atom is 0.212 e. The van der Waals surface area contributed by atoms with Gasteiger partial charge in [0.2, 0.25) is 11.6 Å². The van der Waals surface area contributed by atoms with E-state index in [-0.39, 0.29) is 24.0 Å². The third-order valence-electron chi connectivity index (χ3n) is 3.10. The highest BCUT2D eigenvalue weighted by Gasteiger charge is 2.24. The lowest BCUT2D eigenvalue weighted by Gasteiger charge is -2.25. The molecule has 0 aromatic carbocycles. The zero-order valence-electron chi connectivity index (χ0n) is 10.2. The second-order valence-electron chi connectivity index (χ2n) is 4.19. The van der Waals surface area contributed by atoms with Crippen molar-refractivity contribution in [3.8, 4) is 0 Å². The van der Waals surface area contributed by atoms with Crippen LogP contribution in [0, 0.1) is 5.92 Å². The second kappa shape index (κ2) is 6.76. The molecule has 0 atom stereocenters. The zero-order chi connectivity index (χ0) is 12.0. The predicted octanol–water partition coefficient (Wildman–Crippen LogP) is 0.893. The smallest absolute Gasteiger partial charge is 0.212 e. The van der Waals surface area contributed by atoms with E-state index in [4.69, 9.17) is 4.74 Å². The number of carbonyl (C=O) groups is 2. The third kappa shape index (κ3) is 3.68. The highest BCUT2D eigenvalue weighted by molar-refractivity contribution is 6.38. The monoisotopic (exact) mass is 227 g/mol. The minimum atomic E-state index is -0.240. The molecule has 0 aliphatic carbocycles. The van der Waals surface area contributed by atoms with Crippen molar-refractivity contribution in [2.75, 3.05) is 32.8 Å². The summed E-state index contributed by atoms with van der Waals surface area (Å²) in [6.45, 7) is 6.99. The molecule has 0 spiro atoms. The molecule has 1 aliphatic rings. The highest BCUT2D eigenvalue weighted by atomic mass is 16.5. The van der Waals surface area contributed by atoms with Gasteiger partial charge in [-0.3, -0.25) is 14.5 Å². The van der Waals surface area contributed by atoms with Crippen molar-refractivity contribution in [1.82, 2.24) is 4.90 Å². The summed E-state index contributed by atoms with van der Waals surface area (Å²) in [7, 11) is 0. The molecule has 1 saturated heterocycles. The van der Waals surface area contributed by atoms with Gasteiger partial charge in [-0.25, -0.2) is 0 Å². The molecular formula is C12H21NO3. The van der Waals surface area contributed by atoms with Crippen molar-refractivity contribution in [3.63, 3.8) is 0 Å². The topological polar surface area (TPSA) is 46.6 Å². The number of ether oxygens (including phenoxy) is 1.